The normalized spacial score (nSPS) is 12.5. The van der Waals surface area contributed by atoms with Gasteiger partial charge in [-0.1, -0.05) is 18.5 Å². The van der Waals surface area contributed by atoms with E-state index in [1.165, 1.54) is 0 Å². The highest BCUT2D eigenvalue weighted by Crippen LogP contribution is 2.12. The zero-order chi connectivity index (χ0) is 11.3. The van der Waals surface area contributed by atoms with Crippen molar-refractivity contribution >= 4 is 5.97 Å². The van der Waals surface area contributed by atoms with Crippen LogP contribution in [0, 0.1) is 0 Å². The topological polar surface area (TPSA) is 91.2 Å². The molecule has 0 saturated carbocycles. The molecule has 2 N–H and O–H groups in total. The Balaban J connectivity index is 2.67. The Morgan fingerprint density at radius 2 is 2.33 bits per heavy atom. The second-order valence-corrected chi connectivity index (χ2v) is 3.07. The van der Waals surface area contributed by atoms with E-state index in [2.05, 4.69) is 10.1 Å². The van der Waals surface area contributed by atoms with Crippen molar-refractivity contribution < 1.29 is 14.1 Å². The van der Waals surface area contributed by atoms with E-state index in [1.807, 2.05) is 6.92 Å². The monoisotopic (exact) mass is 213 g/mol. The van der Waals surface area contributed by atoms with Crippen LogP contribution in [0.4, 0.5) is 0 Å². The van der Waals surface area contributed by atoms with Gasteiger partial charge in [0.05, 0.1) is 12.6 Å². The molecule has 6 heteroatoms. The highest BCUT2D eigenvalue weighted by atomic mass is 16.6. The van der Waals surface area contributed by atoms with Crippen molar-refractivity contribution in [1.29, 1.82) is 0 Å². The Bertz CT molecular complexity index is 324. The van der Waals surface area contributed by atoms with Gasteiger partial charge >= 0.3 is 11.9 Å². The molecule has 0 bridgehead atoms. The lowest BCUT2D eigenvalue weighted by Gasteiger charge is -2.02. The highest BCUT2D eigenvalue weighted by Gasteiger charge is 2.19. The van der Waals surface area contributed by atoms with Crippen molar-refractivity contribution in [1.82, 2.24) is 10.1 Å². The Hall–Kier alpha value is -1.43. The van der Waals surface area contributed by atoms with E-state index < -0.39 is 5.97 Å². The van der Waals surface area contributed by atoms with Crippen molar-refractivity contribution in [3.63, 3.8) is 0 Å². The fourth-order valence-electron chi connectivity index (χ4n) is 1.10. The smallest absolute Gasteiger partial charge is 0.397 e. The molecule has 15 heavy (non-hydrogen) atoms. The van der Waals surface area contributed by atoms with E-state index in [4.69, 9.17) is 15.0 Å². The van der Waals surface area contributed by atoms with Gasteiger partial charge in [0, 0.05) is 0 Å². The molecule has 1 unspecified atom stereocenters. The third kappa shape index (κ3) is 3.02. The average molecular weight is 213 g/mol. The van der Waals surface area contributed by atoms with Crippen LogP contribution >= 0.6 is 0 Å². The molecule has 0 aliphatic heterocycles. The van der Waals surface area contributed by atoms with Gasteiger partial charge in [-0.25, -0.2) is 4.79 Å². The minimum Gasteiger partial charge on any atom is -0.459 e. The van der Waals surface area contributed by atoms with Gasteiger partial charge in [-0.05, 0) is 13.3 Å². The second-order valence-electron chi connectivity index (χ2n) is 3.07. The highest BCUT2D eigenvalue weighted by molar-refractivity contribution is 5.83. The molecule has 0 spiro atoms. The van der Waals surface area contributed by atoms with Crippen molar-refractivity contribution in [3.8, 4) is 0 Å². The molecule has 1 atom stereocenters. The first-order valence-electron chi connectivity index (χ1n) is 4.95. The van der Waals surface area contributed by atoms with Gasteiger partial charge in [-0.3, -0.25) is 0 Å². The molecule has 6 nitrogen and oxygen atoms in total. The van der Waals surface area contributed by atoms with E-state index in [0.29, 0.717) is 5.82 Å². The fraction of sp³-hybridized carbons (Fsp3) is 0.667. The van der Waals surface area contributed by atoms with Crippen LogP contribution in [0.1, 0.15) is 49.2 Å². The van der Waals surface area contributed by atoms with Gasteiger partial charge in [0.2, 0.25) is 0 Å². The molecular formula is C9H15N3O3. The van der Waals surface area contributed by atoms with Crippen molar-refractivity contribution in [2.75, 3.05) is 6.61 Å². The summed E-state index contributed by atoms with van der Waals surface area (Å²) in [5.74, 6) is -0.404. The maximum absolute atomic E-state index is 11.2. The first-order valence-corrected chi connectivity index (χ1v) is 4.95. The summed E-state index contributed by atoms with van der Waals surface area (Å²) in [6.07, 6.45) is 1.67. The lowest BCUT2D eigenvalue weighted by Crippen LogP contribution is -2.12. The molecule has 1 rings (SSSR count). The van der Waals surface area contributed by atoms with Crippen molar-refractivity contribution in [3.05, 3.63) is 11.7 Å². The number of hydrogen-bond acceptors (Lipinski definition) is 6. The van der Waals surface area contributed by atoms with Gasteiger partial charge in [0.25, 0.3) is 0 Å². The number of nitrogens with two attached hydrogens (primary N) is 1. The maximum atomic E-state index is 11.2. The van der Waals surface area contributed by atoms with E-state index in [9.17, 15) is 4.79 Å². The summed E-state index contributed by atoms with van der Waals surface area (Å²) in [6, 6.07) is -0.290. The summed E-state index contributed by atoms with van der Waals surface area (Å²) in [7, 11) is 0. The minimum absolute atomic E-state index is 0.140. The van der Waals surface area contributed by atoms with Crippen molar-refractivity contribution in [2.45, 2.75) is 32.7 Å². The summed E-state index contributed by atoms with van der Waals surface area (Å²) in [5.41, 5.74) is 5.76. The van der Waals surface area contributed by atoms with Crippen LogP contribution < -0.4 is 5.73 Å². The SMILES string of the molecule is CCCC(N)c1noc(C(=O)OCC)n1. The van der Waals surface area contributed by atoms with Gasteiger partial charge in [-0.2, -0.15) is 4.98 Å². The summed E-state index contributed by atoms with van der Waals surface area (Å²) >= 11 is 0. The third-order valence-corrected chi connectivity index (χ3v) is 1.82. The molecule has 0 amide bonds. The number of esters is 1. The predicted octanol–water partition coefficient (Wildman–Crippen LogP) is 1.05. The molecule has 1 aromatic rings. The minimum atomic E-state index is -0.611. The molecule has 84 valence electrons. The molecule has 0 radical (unpaired) electrons. The van der Waals surface area contributed by atoms with Crippen LogP contribution in [-0.4, -0.2) is 22.7 Å². The van der Waals surface area contributed by atoms with Gasteiger partial charge in [-0.15, -0.1) is 0 Å². The van der Waals surface area contributed by atoms with E-state index >= 15 is 0 Å². The summed E-state index contributed by atoms with van der Waals surface area (Å²) in [5, 5.41) is 3.63. The quantitative estimate of drug-likeness (QED) is 0.735. The Kier molecular flexibility index (Phi) is 4.23. The Morgan fingerprint density at radius 3 is 2.93 bits per heavy atom. The van der Waals surface area contributed by atoms with Crippen LogP contribution in [0.15, 0.2) is 4.52 Å². The number of ether oxygens (including phenoxy) is 1. The molecular weight excluding hydrogens is 198 g/mol. The van der Waals surface area contributed by atoms with Crippen LogP contribution in [0.3, 0.4) is 0 Å². The molecule has 1 aromatic heterocycles. The van der Waals surface area contributed by atoms with Gasteiger partial charge in [0.15, 0.2) is 5.82 Å². The predicted molar refractivity (Wildman–Crippen MR) is 52.1 cm³/mol. The summed E-state index contributed by atoms with van der Waals surface area (Å²) < 4.78 is 9.44. The summed E-state index contributed by atoms with van der Waals surface area (Å²) in [6.45, 7) is 3.99. The Labute approximate surface area is 87.8 Å². The molecule has 1 heterocycles. The van der Waals surface area contributed by atoms with Crippen molar-refractivity contribution in [2.24, 2.45) is 5.73 Å². The largest absolute Gasteiger partial charge is 0.459 e. The second kappa shape index (κ2) is 5.45. The van der Waals surface area contributed by atoms with Crippen LogP contribution in [0.5, 0.6) is 0 Å². The fourth-order valence-corrected chi connectivity index (χ4v) is 1.10. The molecule has 0 aromatic carbocycles. The number of carbonyl (C=O) groups excluding carboxylic acids is 1. The van der Waals surface area contributed by atoms with E-state index in [1.54, 1.807) is 6.92 Å². The first-order chi connectivity index (χ1) is 7.19. The number of aromatic nitrogens is 2. The molecule has 0 aliphatic rings. The molecule has 0 aliphatic carbocycles. The number of rotatable bonds is 5. The number of hydrogen-bond donors (Lipinski definition) is 1. The third-order valence-electron chi connectivity index (χ3n) is 1.82. The average Bonchev–Trinajstić information content (AvgIpc) is 2.67. The van der Waals surface area contributed by atoms with E-state index in [0.717, 1.165) is 12.8 Å². The standard InChI is InChI=1S/C9H15N3O3/c1-3-5-6(10)7-11-8(15-12-7)9(13)14-4-2/h6H,3-5,10H2,1-2H3. The molecule has 0 saturated heterocycles. The van der Waals surface area contributed by atoms with E-state index in [-0.39, 0.29) is 18.5 Å². The summed E-state index contributed by atoms with van der Waals surface area (Å²) in [4.78, 5) is 15.0. The zero-order valence-corrected chi connectivity index (χ0v) is 8.90. The maximum Gasteiger partial charge on any atom is 0.397 e. The van der Waals surface area contributed by atoms with Crippen LogP contribution in [-0.2, 0) is 4.74 Å². The zero-order valence-electron chi connectivity index (χ0n) is 8.90. The van der Waals surface area contributed by atoms with Crippen LogP contribution in [0.25, 0.3) is 0 Å². The lowest BCUT2D eigenvalue weighted by atomic mass is 10.2. The Morgan fingerprint density at radius 1 is 1.60 bits per heavy atom. The first kappa shape index (κ1) is 11.6. The number of carbonyl (C=O) groups is 1. The van der Waals surface area contributed by atoms with Gasteiger partial charge in [0.1, 0.15) is 0 Å². The lowest BCUT2D eigenvalue weighted by molar-refractivity contribution is 0.0470. The van der Waals surface area contributed by atoms with Crippen LogP contribution in [0.2, 0.25) is 0 Å². The molecule has 0 fully saturated rings. The van der Waals surface area contributed by atoms with Gasteiger partial charge < -0.3 is 15.0 Å². The number of nitrogens with zero attached hydrogens (tertiary/aromatic N) is 2.